The second-order valence-electron chi connectivity index (χ2n) is 8.89. The number of hydrogen-bond donors (Lipinski definition) is 1. The number of aromatic nitrogens is 1. The normalized spacial score (nSPS) is 24.3. The number of rotatable bonds is 4. The van der Waals surface area contributed by atoms with Crippen molar-refractivity contribution >= 4 is 38.4 Å². The van der Waals surface area contributed by atoms with Gasteiger partial charge in [0.15, 0.2) is 16.7 Å². The van der Waals surface area contributed by atoms with Gasteiger partial charge in [0.1, 0.15) is 17.6 Å². The van der Waals surface area contributed by atoms with E-state index < -0.39 is 6.04 Å². The number of benzene rings is 2. The van der Waals surface area contributed by atoms with Crippen molar-refractivity contribution in [1.82, 2.24) is 4.98 Å². The molecule has 8 heteroatoms. The zero-order valence-electron chi connectivity index (χ0n) is 18.7. The van der Waals surface area contributed by atoms with Gasteiger partial charge in [0, 0.05) is 0 Å². The van der Waals surface area contributed by atoms with E-state index >= 15 is 0 Å². The van der Waals surface area contributed by atoms with Crippen LogP contribution in [0.2, 0.25) is 0 Å². The van der Waals surface area contributed by atoms with E-state index in [4.69, 9.17) is 14.5 Å². The summed E-state index contributed by atoms with van der Waals surface area (Å²) in [7, 11) is 0. The van der Waals surface area contributed by atoms with Gasteiger partial charge in [-0.2, -0.15) is 0 Å². The number of ether oxygens (including phenoxy) is 2. The topological polar surface area (TPSA) is 89.0 Å². The molecule has 0 saturated heterocycles. The molecule has 7 nitrogen and oxygen atoms in total. The number of amides is 1. The van der Waals surface area contributed by atoms with Crippen molar-refractivity contribution in [2.45, 2.75) is 44.8 Å². The Morgan fingerprint density at radius 1 is 1.18 bits per heavy atom. The number of thiazole rings is 1. The molecule has 6 rings (SSSR count). The summed E-state index contributed by atoms with van der Waals surface area (Å²) in [6.45, 7) is 2.48. The van der Waals surface area contributed by atoms with Crippen LogP contribution >= 0.6 is 11.3 Å². The van der Waals surface area contributed by atoms with Crippen LogP contribution in [0, 0.1) is 5.92 Å². The fourth-order valence-electron chi connectivity index (χ4n) is 5.30. The van der Waals surface area contributed by atoms with Crippen LogP contribution in [-0.4, -0.2) is 34.5 Å². The Balaban J connectivity index is 1.49. The summed E-state index contributed by atoms with van der Waals surface area (Å²) < 4.78 is 12.7. The van der Waals surface area contributed by atoms with Crippen LogP contribution in [0.25, 0.3) is 10.2 Å². The van der Waals surface area contributed by atoms with Crippen molar-refractivity contribution < 1.29 is 24.2 Å². The Kier molecular flexibility index (Phi) is 5.06. The molecular weight excluding hydrogens is 452 g/mol. The van der Waals surface area contributed by atoms with Crippen molar-refractivity contribution in [3.05, 3.63) is 59.4 Å². The Morgan fingerprint density at radius 2 is 2.03 bits per heavy atom. The number of carbonyl (C=O) groups is 2. The summed E-state index contributed by atoms with van der Waals surface area (Å²) >= 11 is 1.37. The molecule has 3 heterocycles. The number of nitrogens with zero attached hydrogens (tertiary/aromatic N) is 2. The van der Waals surface area contributed by atoms with Crippen LogP contribution in [0.5, 0.6) is 11.5 Å². The van der Waals surface area contributed by atoms with Crippen molar-refractivity contribution in [2.24, 2.45) is 5.92 Å². The Bertz CT molecular complexity index is 1350. The molecule has 1 fully saturated rings. The van der Waals surface area contributed by atoms with Crippen LogP contribution in [0.1, 0.15) is 44.2 Å². The predicted octanol–water partition coefficient (Wildman–Crippen LogP) is 4.90. The van der Waals surface area contributed by atoms with Gasteiger partial charge in [0.05, 0.1) is 34.4 Å². The number of fused-ring (bicyclic) bond motifs is 2. The maximum absolute atomic E-state index is 13.7. The maximum Gasteiger partial charge on any atom is 0.296 e. The van der Waals surface area contributed by atoms with Gasteiger partial charge in [-0.25, -0.2) is 4.98 Å². The second-order valence-corrected chi connectivity index (χ2v) is 9.90. The van der Waals surface area contributed by atoms with Crippen molar-refractivity contribution in [3.8, 4) is 11.5 Å². The van der Waals surface area contributed by atoms with Gasteiger partial charge >= 0.3 is 0 Å². The molecule has 3 aromatic rings. The third kappa shape index (κ3) is 3.27. The first kappa shape index (κ1) is 21.2. The van der Waals surface area contributed by atoms with Crippen molar-refractivity contribution in [3.63, 3.8) is 0 Å². The van der Waals surface area contributed by atoms with Gasteiger partial charge in [-0.3, -0.25) is 14.5 Å². The minimum absolute atomic E-state index is 0.0186. The summed E-state index contributed by atoms with van der Waals surface area (Å²) in [5, 5.41) is 10.7. The fourth-order valence-corrected chi connectivity index (χ4v) is 6.33. The Hall–Kier alpha value is -3.39. The molecular formula is C26H24N2O5S. The minimum atomic E-state index is -0.697. The lowest BCUT2D eigenvalue weighted by Gasteiger charge is -2.35. The highest BCUT2D eigenvalue weighted by molar-refractivity contribution is 7.22. The summed E-state index contributed by atoms with van der Waals surface area (Å²) in [4.78, 5) is 33.7. The molecule has 0 bridgehead atoms. The van der Waals surface area contributed by atoms with Gasteiger partial charge in [0.2, 0.25) is 0 Å². The zero-order chi connectivity index (χ0) is 23.4. The monoisotopic (exact) mass is 476 g/mol. The fraction of sp³-hybridized carbons (Fsp3) is 0.346. The third-order valence-electron chi connectivity index (χ3n) is 6.81. The minimum Gasteiger partial charge on any atom is -0.508 e. The van der Waals surface area contributed by atoms with Gasteiger partial charge < -0.3 is 14.6 Å². The van der Waals surface area contributed by atoms with E-state index in [2.05, 4.69) is 0 Å². The lowest BCUT2D eigenvalue weighted by molar-refractivity contribution is -0.131. The van der Waals surface area contributed by atoms with Crippen LogP contribution in [0.15, 0.2) is 53.8 Å². The summed E-state index contributed by atoms with van der Waals surface area (Å²) in [6, 6.07) is 11.6. The van der Waals surface area contributed by atoms with Gasteiger partial charge in [-0.05, 0) is 62.1 Å². The molecule has 3 atom stereocenters. The van der Waals surface area contributed by atoms with E-state index in [9.17, 15) is 14.7 Å². The van der Waals surface area contributed by atoms with E-state index in [1.54, 1.807) is 23.1 Å². The predicted molar refractivity (Wildman–Crippen MR) is 128 cm³/mol. The Morgan fingerprint density at radius 3 is 2.85 bits per heavy atom. The van der Waals surface area contributed by atoms with E-state index in [1.807, 2.05) is 31.2 Å². The third-order valence-corrected chi connectivity index (χ3v) is 7.83. The summed E-state index contributed by atoms with van der Waals surface area (Å²) in [5.74, 6) is 0.339. The number of hydrogen-bond acceptors (Lipinski definition) is 7. The quantitative estimate of drug-likeness (QED) is 0.576. The molecule has 2 aromatic carbocycles. The van der Waals surface area contributed by atoms with Gasteiger partial charge in [-0.1, -0.05) is 29.9 Å². The van der Waals surface area contributed by atoms with Crippen LogP contribution in [0.3, 0.4) is 0 Å². The molecule has 0 spiro atoms. The van der Waals surface area contributed by atoms with Crippen LogP contribution in [0.4, 0.5) is 5.13 Å². The highest BCUT2D eigenvalue weighted by Crippen LogP contribution is 2.49. The van der Waals surface area contributed by atoms with E-state index in [1.165, 1.54) is 11.3 Å². The van der Waals surface area contributed by atoms with E-state index in [0.29, 0.717) is 22.9 Å². The lowest BCUT2D eigenvalue weighted by atomic mass is 9.77. The van der Waals surface area contributed by atoms with Crippen LogP contribution < -0.4 is 9.64 Å². The van der Waals surface area contributed by atoms with Crippen molar-refractivity contribution in [1.29, 1.82) is 0 Å². The number of carbonyl (C=O) groups excluding carboxylic acids is 2. The average Bonchev–Trinajstić information content (AvgIpc) is 3.38. The maximum atomic E-state index is 13.7. The number of phenols is 1. The largest absolute Gasteiger partial charge is 0.508 e. The molecule has 1 saturated carbocycles. The van der Waals surface area contributed by atoms with Gasteiger partial charge in [0.25, 0.3) is 5.91 Å². The van der Waals surface area contributed by atoms with E-state index in [0.717, 1.165) is 41.6 Å². The SMILES string of the molecule is CCOc1ccc2nc(N3C(=O)C4=C(C(=O)C5CCCCC5O4)C3c3cccc(O)c3)sc2c1. The number of aromatic hydroxyl groups is 1. The standard InChI is InChI=1S/C26H24N2O5S/c1-2-32-16-10-11-18-20(13-16)34-26(27-18)28-22(14-6-5-7-15(29)12-14)21-23(30)17-8-3-4-9-19(17)33-24(21)25(28)31/h5-7,10-13,17,19,22,29H,2-4,8-9H2,1H3. The molecule has 1 amide bonds. The van der Waals surface area contributed by atoms with E-state index in [-0.39, 0.29) is 35.2 Å². The van der Waals surface area contributed by atoms with Crippen molar-refractivity contribution in [2.75, 3.05) is 11.5 Å². The average molecular weight is 477 g/mol. The van der Waals surface area contributed by atoms with Gasteiger partial charge in [-0.15, -0.1) is 0 Å². The first-order chi connectivity index (χ1) is 16.5. The molecule has 3 unspecified atom stereocenters. The number of phenolic OH excluding ortho intramolecular Hbond substituents is 1. The first-order valence-electron chi connectivity index (χ1n) is 11.7. The molecule has 2 aliphatic heterocycles. The first-order valence-corrected chi connectivity index (χ1v) is 12.5. The number of ketones is 1. The van der Waals surface area contributed by atoms with Crippen LogP contribution in [-0.2, 0) is 14.3 Å². The highest BCUT2D eigenvalue weighted by Gasteiger charge is 2.53. The molecule has 1 aromatic heterocycles. The smallest absolute Gasteiger partial charge is 0.296 e. The number of Topliss-reactive ketones (excluding diaryl/α,β-unsaturated/α-hetero) is 1. The summed E-state index contributed by atoms with van der Waals surface area (Å²) in [5.41, 5.74) is 1.78. The molecule has 1 N–H and O–H groups in total. The molecule has 1 aliphatic carbocycles. The molecule has 174 valence electrons. The zero-order valence-corrected chi connectivity index (χ0v) is 19.5. The number of anilines is 1. The lowest BCUT2D eigenvalue weighted by Crippen LogP contribution is -2.39. The Labute approximate surface area is 200 Å². The second kappa shape index (κ2) is 8.13. The molecule has 3 aliphatic rings. The summed E-state index contributed by atoms with van der Waals surface area (Å²) in [6.07, 6.45) is 3.26. The highest BCUT2D eigenvalue weighted by atomic mass is 32.1. The molecule has 0 radical (unpaired) electrons. The molecule has 34 heavy (non-hydrogen) atoms.